The van der Waals surface area contributed by atoms with E-state index in [1.54, 1.807) is 25.3 Å². The van der Waals surface area contributed by atoms with Crippen LogP contribution in [0.1, 0.15) is 30.0 Å². The molecule has 6 heteroatoms. The second-order valence-corrected chi connectivity index (χ2v) is 7.59. The first-order valence-corrected chi connectivity index (χ1v) is 9.91. The molecular weight excluding hydrogens is 383 g/mol. The lowest BCUT2D eigenvalue weighted by Gasteiger charge is -2.28. The second kappa shape index (κ2) is 9.45. The topological polar surface area (TPSA) is 41.6 Å². The molecule has 1 saturated heterocycles. The highest BCUT2D eigenvalue weighted by atomic mass is 35.5. The Morgan fingerprint density at radius 2 is 1.85 bits per heavy atom. The molecule has 144 valence electrons. The van der Waals surface area contributed by atoms with Crippen molar-refractivity contribution < 1.29 is 9.53 Å². The zero-order valence-electron chi connectivity index (χ0n) is 15.4. The van der Waals surface area contributed by atoms with Crippen molar-refractivity contribution in [2.24, 2.45) is 0 Å². The van der Waals surface area contributed by atoms with Gasteiger partial charge < -0.3 is 10.1 Å². The van der Waals surface area contributed by atoms with Crippen LogP contribution >= 0.6 is 23.2 Å². The van der Waals surface area contributed by atoms with Gasteiger partial charge in [-0.15, -0.1) is 0 Å². The van der Waals surface area contributed by atoms with Crippen LogP contribution in [0.5, 0.6) is 5.75 Å². The number of methoxy groups -OCH3 is 1. The van der Waals surface area contributed by atoms with Crippen LogP contribution in [0.15, 0.2) is 42.5 Å². The molecule has 1 aliphatic heterocycles. The Morgan fingerprint density at radius 1 is 1.15 bits per heavy atom. The quantitative estimate of drug-likeness (QED) is 0.735. The van der Waals surface area contributed by atoms with E-state index in [1.165, 1.54) is 18.4 Å². The summed E-state index contributed by atoms with van der Waals surface area (Å²) in [6, 6.07) is 13.4. The molecule has 1 aliphatic rings. The molecule has 1 fully saturated rings. The first-order valence-electron chi connectivity index (χ1n) is 9.15. The maximum Gasteiger partial charge on any atom is 0.224 e. The van der Waals surface area contributed by atoms with Crippen molar-refractivity contribution >= 4 is 29.1 Å². The zero-order valence-corrected chi connectivity index (χ0v) is 16.9. The number of nitrogens with one attached hydrogen (secondary N) is 1. The standard InChI is InChI=1S/C21H24Cl2N2O2/c1-27-18-8-5-15(6-9-18)20(25-10-2-3-11-25)14-24-21(26)12-16-4-7-17(22)13-19(16)23/h4-9,13,20H,2-3,10-12,14H2,1H3,(H,24,26)/t20-/m1/s1. The molecule has 2 aromatic carbocycles. The molecular formula is C21H24Cl2N2O2. The van der Waals surface area contributed by atoms with E-state index in [0.29, 0.717) is 16.6 Å². The lowest BCUT2D eigenvalue weighted by molar-refractivity contribution is -0.120. The maximum atomic E-state index is 12.5. The van der Waals surface area contributed by atoms with Crippen LogP contribution in [0.2, 0.25) is 10.0 Å². The monoisotopic (exact) mass is 406 g/mol. The molecule has 1 N–H and O–H groups in total. The molecule has 4 nitrogen and oxygen atoms in total. The first-order chi connectivity index (χ1) is 13.1. The minimum absolute atomic E-state index is 0.0445. The number of halogens is 2. The van der Waals surface area contributed by atoms with Gasteiger partial charge in [0.15, 0.2) is 0 Å². The number of carbonyl (C=O) groups is 1. The average Bonchev–Trinajstić information content (AvgIpc) is 3.19. The van der Waals surface area contributed by atoms with E-state index in [-0.39, 0.29) is 18.4 Å². The third-order valence-electron chi connectivity index (χ3n) is 4.94. The van der Waals surface area contributed by atoms with Crippen LogP contribution < -0.4 is 10.1 Å². The minimum Gasteiger partial charge on any atom is -0.497 e. The fourth-order valence-corrected chi connectivity index (χ4v) is 3.92. The summed E-state index contributed by atoms with van der Waals surface area (Å²) in [5, 5.41) is 4.16. The van der Waals surface area contributed by atoms with Gasteiger partial charge in [-0.1, -0.05) is 41.4 Å². The highest BCUT2D eigenvalue weighted by Crippen LogP contribution is 2.26. The zero-order chi connectivity index (χ0) is 19.2. The molecule has 3 rings (SSSR count). The van der Waals surface area contributed by atoms with Crippen LogP contribution in [-0.2, 0) is 11.2 Å². The Labute approximate surface area is 170 Å². The van der Waals surface area contributed by atoms with Gasteiger partial charge in [-0.2, -0.15) is 0 Å². The van der Waals surface area contributed by atoms with E-state index in [4.69, 9.17) is 27.9 Å². The third kappa shape index (κ3) is 5.38. The fraction of sp³-hybridized carbons (Fsp3) is 0.381. The van der Waals surface area contributed by atoms with Gasteiger partial charge in [0, 0.05) is 16.6 Å². The predicted molar refractivity (Wildman–Crippen MR) is 110 cm³/mol. The summed E-state index contributed by atoms with van der Waals surface area (Å²) in [5.74, 6) is 0.789. The Morgan fingerprint density at radius 3 is 2.48 bits per heavy atom. The van der Waals surface area contributed by atoms with E-state index < -0.39 is 0 Å². The summed E-state index contributed by atoms with van der Waals surface area (Å²) in [6.45, 7) is 2.67. The van der Waals surface area contributed by atoms with Crippen LogP contribution in [0.3, 0.4) is 0 Å². The van der Waals surface area contributed by atoms with E-state index in [0.717, 1.165) is 24.4 Å². The van der Waals surface area contributed by atoms with Crippen molar-refractivity contribution in [2.75, 3.05) is 26.7 Å². The smallest absolute Gasteiger partial charge is 0.224 e. The van der Waals surface area contributed by atoms with Crippen molar-refractivity contribution in [2.45, 2.75) is 25.3 Å². The number of hydrogen-bond acceptors (Lipinski definition) is 3. The number of benzene rings is 2. The van der Waals surface area contributed by atoms with Gasteiger partial charge in [-0.25, -0.2) is 0 Å². The Hall–Kier alpha value is -1.75. The van der Waals surface area contributed by atoms with Crippen molar-refractivity contribution in [1.29, 1.82) is 0 Å². The normalized spacial score (nSPS) is 15.5. The molecule has 2 aromatic rings. The van der Waals surface area contributed by atoms with Gasteiger partial charge in [0.1, 0.15) is 5.75 Å². The van der Waals surface area contributed by atoms with E-state index in [2.05, 4.69) is 22.3 Å². The number of nitrogens with zero attached hydrogens (tertiary/aromatic N) is 1. The van der Waals surface area contributed by atoms with Gasteiger partial charge in [0.2, 0.25) is 5.91 Å². The summed E-state index contributed by atoms with van der Waals surface area (Å²) in [6.07, 6.45) is 2.63. The Balaban J connectivity index is 1.65. The Bertz CT molecular complexity index is 774. The molecule has 0 aliphatic carbocycles. The lowest BCUT2D eigenvalue weighted by atomic mass is 10.0. The summed E-state index contributed by atoms with van der Waals surface area (Å²) in [5.41, 5.74) is 1.96. The summed E-state index contributed by atoms with van der Waals surface area (Å²) in [4.78, 5) is 14.9. The Kier molecular flexibility index (Phi) is 7.00. The molecule has 27 heavy (non-hydrogen) atoms. The molecule has 0 aromatic heterocycles. The van der Waals surface area contributed by atoms with Crippen LogP contribution in [0.4, 0.5) is 0 Å². The van der Waals surface area contributed by atoms with Crippen molar-refractivity contribution in [1.82, 2.24) is 10.2 Å². The average molecular weight is 407 g/mol. The summed E-state index contributed by atoms with van der Waals surface area (Å²) < 4.78 is 5.25. The van der Waals surface area contributed by atoms with Crippen molar-refractivity contribution in [3.05, 3.63) is 63.6 Å². The van der Waals surface area contributed by atoms with Crippen molar-refractivity contribution in [3.8, 4) is 5.75 Å². The first kappa shape index (κ1) is 20.0. The van der Waals surface area contributed by atoms with Gasteiger partial charge >= 0.3 is 0 Å². The van der Waals surface area contributed by atoms with Crippen molar-refractivity contribution in [3.63, 3.8) is 0 Å². The second-order valence-electron chi connectivity index (χ2n) is 6.75. The number of rotatable bonds is 7. The van der Waals surface area contributed by atoms with Crippen LogP contribution in [0.25, 0.3) is 0 Å². The molecule has 0 spiro atoms. The van der Waals surface area contributed by atoms with Gasteiger partial charge in [0.05, 0.1) is 19.6 Å². The molecule has 1 heterocycles. The number of hydrogen-bond donors (Lipinski definition) is 1. The van der Waals surface area contributed by atoms with Gasteiger partial charge in [0.25, 0.3) is 0 Å². The van der Waals surface area contributed by atoms with E-state index in [9.17, 15) is 4.79 Å². The highest BCUT2D eigenvalue weighted by Gasteiger charge is 2.24. The minimum atomic E-state index is -0.0445. The highest BCUT2D eigenvalue weighted by molar-refractivity contribution is 6.35. The SMILES string of the molecule is COc1ccc([C@@H](CNC(=O)Cc2ccc(Cl)cc2Cl)N2CCCC2)cc1. The molecule has 0 saturated carbocycles. The van der Waals surface area contributed by atoms with E-state index in [1.807, 2.05) is 12.1 Å². The molecule has 0 bridgehead atoms. The molecule has 0 unspecified atom stereocenters. The summed E-state index contributed by atoms with van der Waals surface area (Å²) >= 11 is 12.1. The van der Waals surface area contributed by atoms with Gasteiger partial charge in [-0.3, -0.25) is 9.69 Å². The summed E-state index contributed by atoms with van der Waals surface area (Å²) in [7, 11) is 1.66. The van der Waals surface area contributed by atoms with Crippen LogP contribution in [-0.4, -0.2) is 37.6 Å². The molecule has 1 amide bonds. The third-order valence-corrected chi connectivity index (χ3v) is 5.53. The van der Waals surface area contributed by atoms with Gasteiger partial charge in [-0.05, 0) is 61.3 Å². The molecule has 1 atom stereocenters. The molecule has 0 radical (unpaired) electrons. The van der Waals surface area contributed by atoms with Crippen LogP contribution in [0, 0.1) is 0 Å². The number of ether oxygens (including phenoxy) is 1. The number of carbonyl (C=O) groups excluding carboxylic acids is 1. The maximum absolute atomic E-state index is 12.5. The fourth-order valence-electron chi connectivity index (χ4n) is 3.45. The number of amides is 1. The lowest BCUT2D eigenvalue weighted by Crippen LogP contribution is -2.37. The number of likely N-dealkylation sites (tertiary alicyclic amines) is 1. The largest absolute Gasteiger partial charge is 0.497 e. The predicted octanol–water partition coefficient (Wildman–Crippen LogP) is 4.50. The van der Waals surface area contributed by atoms with E-state index >= 15 is 0 Å².